The number of hydrogen-bond acceptors (Lipinski definition) is 3. The van der Waals surface area contributed by atoms with Crippen molar-refractivity contribution in [2.24, 2.45) is 0 Å². The largest absolute Gasteiger partial charge is 0.497 e. The smallest absolute Gasteiger partial charge is 0.255 e. The third-order valence-electron chi connectivity index (χ3n) is 3.64. The van der Waals surface area contributed by atoms with Crippen molar-refractivity contribution in [3.05, 3.63) is 23.8 Å². The Hall–Kier alpha value is -2.04. The van der Waals surface area contributed by atoms with Gasteiger partial charge in [-0.3, -0.25) is 14.5 Å². The quantitative estimate of drug-likeness (QED) is 0.812. The van der Waals surface area contributed by atoms with Crippen LogP contribution in [0.5, 0.6) is 5.75 Å². The average molecular weight is 246 g/mol. The Bertz CT molecular complexity index is 555. The van der Waals surface area contributed by atoms with Crippen LogP contribution in [-0.2, 0) is 4.79 Å². The van der Waals surface area contributed by atoms with Crippen molar-refractivity contribution in [3.8, 4) is 5.75 Å². The number of nitrogens with zero attached hydrogens (tertiary/aromatic N) is 1. The van der Waals surface area contributed by atoms with Crippen molar-refractivity contribution in [1.82, 2.24) is 5.32 Å². The summed E-state index contributed by atoms with van der Waals surface area (Å²) in [5, 5.41) is 2.90. The van der Waals surface area contributed by atoms with E-state index in [1.807, 2.05) is 6.92 Å². The van der Waals surface area contributed by atoms with E-state index in [4.69, 9.17) is 4.74 Å². The highest BCUT2D eigenvalue weighted by atomic mass is 16.5. The summed E-state index contributed by atoms with van der Waals surface area (Å²) < 4.78 is 5.11. The highest BCUT2D eigenvalue weighted by Crippen LogP contribution is 2.39. The molecule has 94 valence electrons. The minimum absolute atomic E-state index is 0.0453. The van der Waals surface area contributed by atoms with Gasteiger partial charge < -0.3 is 10.1 Å². The number of anilines is 1. The summed E-state index contributed by atoms with van der Waals surface area (Å²) in [6, 6.07) is 5.20. The molecule has 1 fully saturated rings. The third kappa shape index (κ3) is 1.33. The third-order valence-corrected chi connectivity index (χ3v) is 3.64. The molecule has 0 aromatic heterocycles. The fraction of sp³-hybridized carbons (Fsp3) is 0.385. The van der Waals surface area contributed by atoms with E-state index in [2.05, 4.69) is 5.32 Å². The van der Waals surface area contributed by atoms with Crippen LogP contribution in [0, 0.1) is 0 Å². The molecule has 1 aromatic rings. The molecule has 2 aliphatic rings. The number of benzene rings is 1. The van der Waals surface area contributed by atoms with Crippen LogP contribution in [0.3, 0.4) is 0 Å². The Morgan fingerprint density at radius 2 is 2.17 bits per heavy atom. The SMILES string of the molecule is COc1ccc2c(c1)C(=O)NC1(C)CCC(=O)N21. The lowest BCUT2D eigenvalue weighted by molar-refractivity contribution is -0.117. The zero-order valence-corrected chi connectivity index (χ0v) is 10.3. The number of methoxy groups -OCH3 is 1. The van der Waals surface area contributed by atoms with Crippen LogP contribution in [0.15, 0.2) is 18.2 Å². The molecule has 1 saturated heterocycles. The van der Waals surface area contributed by atoms with Crippen molar-refractivity contribution in [2.45, 2.75) is 25.4 Å². The maximum absolute atomic E-state index is 12.1. The van der Waals surface area contributed by atoms with Crippen molar-refractivity contribution in [1.29, 1.82) is 0 Å². The van der Waals surface area contributed by atoms with E-state index in [1.54, 1.807) is 30.2 Å². The van der Waals surface area contributed by atoms with Crippen LogP contribution in [-0.4, -0.2) is 24.6 Å². The zero-order valence-electron chi connectivity index (χ0n) is 10.3. The van der Waals surface area contributed by atoms with Gasteiger partial charge in [0, 0.05) is 6.42 Å². The van der Waals surface area contributed by atoms with Gasteiger partial charge in [-0.15, -0.1) is 0 Å². The highest BCUT2D eigenvalue weighted by Gasteiger charge is 2.48. The molecule has 5 heteroatoms. The van der Waals surface area contributed by atoms with Gasteiger partial charge in [-0.05, 0) is 31.5 Å². The van der Waals surface area contributed by atoms with Crippen LogP contribution >= 0.6 is 0 Å². The van der Waals surface area contributed by atoms with Crippen LogP contribution in [0.25, 0.3) is 0 Å². The molecule has 0 spiro atoms. The maximum atomic E-state index is 12.1. The second-order valence-corrected chi connectivity index (χ2v) is 4.84. The molecule has 0 radical (unpaired) electrons. The van der Waals surface area contributed by atoms with Crippen LogP contribution in [0.2, 0.25) is 0 Å². The summed E-state index contributed by atoms with van der Waals surface area (Å²) in [5.41, 5.74) is 0.571. The molecule has 0 saturated carbocycles. The molecule has 5 nitrogen and oxygen atoms in total. The van der Waals surface area contributed by atoms with E-state index in [1.165, 1.54) is 0 Å². The Kier molecular flexibility index (Phi) is 2.14. The minimum Gasteiger partial charge on any atom is -0.497 e. The second-order valence-electron chi connectivity index (χ2n) is 4.84. The molecule has 1 unspecified atom stereocenters. The van der Waals surface area contributed by atoms with Gasteiger partial charge in [-0.1, -0.05) is 0 Å². The van der Waals surface area contributed by atoms with E-state index in [-0.39, 0.29) is 11.8 Å². The van der Waals surface area contributed by atoms with Gasteiger partial charge in [-0.25, -0.2) is 0 Å². The fourth-order valence-corrected chi connectivity index (χ4v) is 2.70. The van der Waals surface area contributed by atoms with Gasteiger partial charge in [0.2, 0.25) is 5.91 Å². The summed E-state index contributed by atoms with van der Waals surface area (Å²) in [4.78, 5) is 25.8. The molecule has 0 bridgehead atoms. The molecule has 1 aromatic carbocycles. The molecule has 0 aliphatic carbocycles. The molecule has 1 N–H and O–H groups in total. The maximum Gasteiger partial charge on any atom is 0.255 e. The lowest BCUT2D eigenvalue weighted by atomic mass is 10.0. The normalized spacial score (nSPS) is 25.6. The van der Waals surface area contributed by atoms with E-state index in [0.29, 0.717) is 29.8 Å². The Labute approximate surface area is 105 Å². The summed E-state index contributed by atoms with van der Waals surface area (Å²) in [6.45, 7) is 1.88. The summed E-state index contributed by atoms with van der Waals surface area (Å²) >= 11 is 0. The topological polar surface area (TPSA) is 58.6 Å². The highest BCUT2D eigenvalue weighted by molar-refractivity contribution is 6.10. The minimum atomic E-state index is -0.588. The number of carbonyl (C=O) groups is 2. The van der Waals surface area contributed by atoms with Crippen LogP contribution < -0.4 is 15.0 Å². The van der Waals surface area contributed by atoms with Crippen molar-refractivity contribution >= 4 is 17.5 Å². The lowest BCUT2D eigenvalue weighted by Gasteiger charge is -2.40. The average Bonchev–Trinajstić information content (AvgIpc) is 2.65. The number of hydrogen-bond donors (Lipinski definition) is 1. The Morgan fingerprint density at radius 1 is 1.39 bits per heavy atom. The first kappa shape index (κ1) is 11.1. The molecule has 18 heavy (non-hydrogen) atoms. The zero-order chi connectivity index (χ0) is 12.9. The standard InChI is InChI=1S/C13H14N2O3/c1-13-6-5-11(16)15(13)10-4-3-8(18-2)7-9(10)12(17)14-13/h3-4,7H,5-6H2,1-2H3,(H,14,17). The molecular formula is C13H14N2O3. The van der Waals surface area contributed by atoms with E-state index in [0.717, 1.165) is 0 Å². The molecular weight excluding hydrogens is 232 g/mol. The summed E-state index contributed by atoms with van der Waals surface area (Å²) in [7, 11) is 1.55. The van der Waals surface area contributed by atoms with E-state index in [9.17, 15) is 9.59 Å². The monoisotopic (exact) mass is 246 g/mol. The number of rotatable bonds is 1. The van der Waals surface area contributed by atoms with Gasteiger partial charge in [0.25, 0.3) is 5.91 Å². The lowest BCUT2D eigenvalue weighted by Crippen LogP contribution is -2.60. The second kappa shape index (κ2) is 3.48. The number of amides is 2. The molecule has 2 heterocycles. The predicted molar refractivity (Wildman–Crippen MR) is 65.6 cm³/mol. The molecule has 1 atom stereocenters. The number of nitrogens with one attached hydrogen (secondary N) is 1. The first-order valence-corrected chi connectivity index (χ1v) is 5.89. The van der Waals surface area contributed by atoms with Gasteiger partial charge in [0.05, 0.1) is 18.4 Å². The van der Waals surface area contributed by atoms with E-state index < -0.39 is 5.66 Å². The fourth-order valence-electron chi connectivity index (χ4n) is 2.70. The molecule has 2 aliphatic heterocycles. The van der Waals surface area contributed by atoms with Gasteiger partial charge in [-0.2, -0.15) is 0 Å². The molecule has 2 amide bonds. The first-order chi connectivity index (χ1) is 8.55. The molecule has 3 rings (SSSR count). The van der Waals surface area contributed by atoms with Gasteiger partial charge in [0.1, 0.15) is 11.4 Å². The van der Waals surface area contributed by atoms with Crippen LogP contribution in [0.1, 0.15) is 30.1 Å². The van der Waals surface area contributed by atoms with Crippen molar-refractivity contribution in [2.75, 3.05) is 12.0 Å². The Morgan fingerprint density at radius 3 is 2.89 bits per heavy atom. The number of fused-ring (bicyclic) bond motifs is 3. The number of carbonyl (C=O) groups excluding carboxylic acids is 2. The summed E-state index contributed by atoms with van der Waals surface area (Å²) in [6.07, 6.45) is 1.10. The predicted octanol–water partition coefficient (Wildman–Crippen LogP) is 1.28. The number of ether oxygens (including phenoxy) is 1. The first-order valence-electron chi connectivity index (χ1n) is 5.89. The van der Waals surface area contributed by atoms with Crippen molar-refractivity contribution in [3.63, 3.8) is 0 Å². The van der Waals surface area contributed by atoms with Gasteiger partial charge in [0.15, 0.2) is 0 Å². The Balaban J connectivity index is 2.18. The van der Waals surface area contributed by atoms with Crippen LogP contribution in [0.4, 0.5) is 5.69 Å². The summed E-state index contributed by atoms with van der Waals surface area (Å²) in [5.74, 6) is 0.500. The van der Waals surface area contributed by atoms with E-state index >= 15 is 0 Å². The van der Waals surface area contributed by atoms with Gasteiger partial charge >= 0.3 is 0 Å². The van der Waals surface area contributed by atoms with Crippen molar-refractivity contribution < 1.29 is 14.3 Å².